The highest BCUT2D eigenvalue weighted by Gasteiger charge is 3.12. The first kappa shape index (κ1) is 15.1. The number of hydrogen-bond donors (Lipinski definition) is 4. The van der Waals surface area contributed by atoms with Crippen LogP contribution in [0.3, 0.4) is 0 Å². The molecule has 4 N–H and O–H groups in total. The Bertz CT molecular complexity index is 517. The van der Waals surface area contributed by atoms with Gasteiger partial charge in [-0.1, -0.05) is 13.8 Å². The van der Waals surface area contributed by atoms with Crippen molar-refractivity contribution in [3.05, 3.63) is 0 Å². The van der Waals surface area contributed by atoms with Crippen molar-refractivity contribution in [2.75, 3.05) is 13.2 Å². The van der Waals surface area contributed by atoms with E-state index >= 15 is 0 Å². The maximum atomic E-state index is 12.7. The summed E-state index contributed by atoms with van der Waals surface area (Å²) in [4.78, 5) is 25.5. The first-order valence-corrected chi connectivity index (χ1v) is 9.40. The van der Waals surface area contributed by atoms with Crippen LogP contribution in [-0.2, 0) is 9.59 Å². The van der Waals surface area contributed by atoms with Gasteiger partial charge in [-0.15, -0.1) is 0 Å². The number of hydrogen-bond acceptors (Lipinski definition) is 4. The maximum absolute atomic E-state index is 12.7. The van der Waals surface area contributed by atoms with E-state index in [-0.39, 0.29) is 47.9 Å². The zero-order valence-corrected chi connectivity index (χ0v) is 14.2. The van der Waals surface area contributed by atoms with Crippen molar-refractivity contribution in [2.45, 2.75) is 38.8 Å². The normalized spacial score (nSPS) is 52.3. The maximum Gasteiger partial charge on any atom is 0.227 e. The first-order valence-electron chi connectivity index (χ1n) is 9.40. The smallest absolute Gasteiger partial charge is 0.227 e. The number of aliphatic hydroxyl groups is 2. The molecule has 6 heteroatoms. The second-order valence-corrected chi connectivity index (χ2v) is 8.54. The molecule has 0 heterocycles. The summed E-state index contributed by atoms with van der Waals surface area (Å²) < 4.78 is 0. The lowest BCUT2D eigenvalue weighted by Crippen LogP contribution is -3.12. The number of carbonyl (C=O) groups is 2. The molecular weight excluding hydrogens is 308 g/mol. The van der Waals surface area contributed by atoms with Crippen LogP contribution >= 0.6 is 0 Å². The van der Waals surface area contributed by atoms with E-state index in [0.29, 0.717) is 35.5 Å². The van der Waals surface area contributed by atoms with Crippen molar-refractivity contribution in [1.29, 1.82) is 0 Å². The predicted molar refractivity (Wildman–Crippen MR) is 84.4 cm³/mol. The van der Waals surface area contributed by atoms with Crippen LogP contribution in [0.5, 0.6) is 0 Å². The SMILES string of the molecule is CCC(CO)NC(=O)C12C3C4C1C1C2C3C41C(=O)NC(CC)CO. The first-order chi connectivity index (χ1) is 11.6. The molecule has 0 saturated heterocycles. The van der Waals surface area contributed by atoms with E-state index in [1.165, 1.54) is 0 Å². The van der Waals surface area contributed by atoms with Crippen molar-refractivity contribution in [3.63, 3.8) is 0 Å². The van der Waals surface area contributed by atoms with Crippen LogP contribution in [-0.4, -0.2) is 47.3 Å². The minimum atomic E-state index is -0.189. The Balaban J connectivity index is 1.28. The van der Waals surface area contributed by atoms with Crippen LogP contribution in [0.15, 0.2) is 0 Å². The molecule has 0 aliphatic heterocycles. The molecule has 2 unspecified atom stereocenters. The van der Waals surface area contributed by atoms with Crippen molar-refractivity contribution in [2.24, 2.45) is 46.3 Å². The van der Waals surface area contributed by atoms with E-state index in [0.717, 1.165) is 12.8 Å². The lowest BCUT2D eigenvalue weighted by Gasteiger charge is -3.09. The van der Waals surface area contributed by atoms with Crippen LogP contribution in [0.2, 0.25) is 0 Å². The topological polar surface area (TPSA) is 98.7 Å². The molecule has 6 fully saturated rings. The molecule has 0 aromatic carbocycles. The van der Waals surface area contributed by atoms with Crippen molar-refractivity contribution >= 4 is 11.8 Å². The standard InChI is InChI=1S/C18H26N2O4/c1-3-7(5-21)19-15(23)17-9-12-10(17)14-11(17)13(9)18(12,14)16(24)20-8(4-2)6-22/h7-14,21-22H,3-6H2,1-2H3,(H,19,23)(H,20,24). The highest BCUT2D eigenvalue weighted by Crippen LogP contribution is 3.10. The van der Waals surface area contributed by atoms with Gasteiger partial charge in [0.2, 0.25) is 11.8 Å². The lowest BCUT2D eigenvalue weighted by molar-refractivity contribution is -0.624. The van der Waals surface area contributed by atoms with Crippen LogP contribution in [0.25, 0.3) is 0 Å². The molecule has 6 aliphatic rings. The number of rotatable bonds is 8. The lowest BCUT2D eigenvalue weighted by atomic mass is 8.92. The quantitative estimate of drug-likeness (QED) is 0.481. The van der Waals surface area contributed by atoms with Gasteiger partial charge in [0.15, 0.2) is 0 Å². The molecule has 24 heavy (non-hydrogen) atoms. The second-order valence-electron chi connectivity index (χ2n) is 8.54. The molecule has 6 aliphatic carbocycles. The summed E-state index contributed by atoms with van der Waals surface area (Å²) in [6.45, 7) is 3.90. The van der Waals surface area contributed by atoms with Gasteiger partial charge in [-0.2, -0.15) is 0 Å². The van der Waals surface area contributed by atoms with Gasteiger partial charge >= 0.3 is 0 Å². The van der Waals surface area contributed by atoms with Gasteiger partial charge < -0.3 is 20.8 Å². The van der Waals surface area contributed by atoms with Gasteiger partial charge in [0.1, 0.15) is 0 Å². The van der Waals surface area contributed by atoms with Gasteiger partial charge in [0, 0.05) is 0 Å². The zero-order chi connectivity index (χ0) is 17.0. The average Bonchev–Trinajstić information content (AvgIpc) is 2.63. The third kappa shape index (κ3) is 1.09. The van der Waals surface area contributed by atoms with Crippen LogP contribution in [0, 0.1) is 46.3 Å². The Labute approximate surface area is 141 Å². The number of aliphatic hydroxyl groups excluding tert-OH is 2. The summed E-state index contributed by atoms with van der Waals surface area (Å²) in [5.74, 6) is 2.64. The highest BCUT2D eigenvalue weighted by molar-refractivity contribution is 6.00. The van der Waals surface area contributed by atoms with E-state index in [9.17, 15) is 19.8 Å². The molecule has 0 radical (unpaired) electrons. The molecule has 2 amide bonds. The largest absolute Gasteiger partial charge is 0.394 e. The third-order valence-corrected chi connectivity index (χ3v) is 8.51. The number of amides is 2. The molecule has 0 bridgehead atoms. The van der Waals surface area contributed by atoms with Crippen LogP contribution in [0.4, 0.5) is 0 Å². The summed E-state index contributed by atoms with van der Waals surface area (Å²) in [7, 11) is 0. The Morgan fingerprint density at radius 3 is 1.29 bits per heavy atom. The summed E-state index contributed by atoms with van der Waals surface area (Å²) in [5, 5.41) is 24.7. The van der Waals surface area contributed by atoms with Gasteiger partial charge in [-0.25, -0.2) is 0 Å². The van der Waals surface area contributed by atoms with Gasteiger partial charge in [0.05, 0.1) is 36.1 Å². The molecule has 6 nitrogen and oxygen atoms in total. The van der Waals surface area contributed by atoms with Gasteiger partial charge in [0.25, 0.3) is 0 Å². The van der Waals surface area contributed by atoms with Gasteiger partial charge in [-0.3, -0.25) is 9.59 Å². The fraction of sp³-hybridized carbons (Fsp3) is 0.889. The molecule has 0 aromatic heterocycles. The minimum Gasteiger partial charge on any atom is -0.394 e. The van der Waals surface area contributed by atoms with Crippen LogP contribution in [0.1, 0.15) is 26.7 Å². The zero-order valence-electron chi connectivity index (χ0n) is 14.2. The Kier molecular flexibility index (Phi) is 2.73. The summed E-state index contributed by atoms with van der Waals surface area (Å²) >= 11 is 0. The molecule has 6 saturated carbocycles. The Morgan fingerprint density at radius 2 is 1.08 bits per heavy atom. The highest BCUT2D eigenvalue weighted by atomic mass is 16.3. The Morgan fingerprint density at radius 1 is 0.792 bits per heavy atom. The van der Waals surface area contributed by atoms with E-state index in [4.69, 9.17) is 0 Å². The fourth-order valence-corrected chi connectivity index (χ4v) is 7.61. The van der Waals surface area contributed by atoms with E-state index in [2.05, 4.69) is 10.6 Å². The van der Waals surface area contributed by atoms with E-state index < -0.39 is 0 Å². The van der Waals surface area contributed by atoms with Crippen molar-refractivity contribution in [1.82, 2.24) is 10.6 Å². The van der Waals surface area contributed by atoms with E-state index in [1.807, 2.05) is 13.8 Å². The molecule has 0 spiro atoms. The van der Waals surface area contributed by atoms with Crippen LogP contribution < -0.4 is 10.6 Å². The fourth-order valence-electron chi connectivity index (χ4n) is 7.61. The van der Waals surface area contributed by atoms with Gasteiger partial charge in [-0.05, 0) is 48.3 Å². The molecule has 6 rings (SSSR count). The molecular formula is C18H26N2O4. The van der Waals surface area contributed by atoms with E-state index in [1.54, 1.807) is 0 Å². The molecule has 2 atom stereocenters. The average molecular weight is 334 g/mol. The molecule has 132 valence electrons. The third-order valence-electron chi connectivity index (χ3n) is 8.51. The predicted octanol–water partition coefficient (Wildman–Crippen LogP) is -0.501. The monoisotopic (exact) mass is 334 g/mol. The summed E-state index contributed by atoms with van der Waals surface area (Å²) in [6.07, 6.45) is 1.47. The summed E-state index contributed by atoms with van der Waals surface area (Å²) in [5.41, 5.74) is -0.377. The van der Waals surface area contributed by atoms with Crippen molar-refractivity contribution < 1.29 is 19.8 Å². The summed E-state index contributed by atoms with van der Waals surface area (Å²) in [6, 6.07) is -0.296. The Hall–Kier alpha value is -1.14. The minimum absolute atomic E-state index is 0.0134. The second kappa shape index (κ2) is 4.33. The molecule has 0 aromatic rings. The van der Waals surface area contributed by atoms with Crippen molar-refractivity contribution in [3.8, 4) is 0 Å². The number of carbonyl (C=O) groups excluding carboxylic acids is 2. The number of nitrogens with one attached hydrogen (secondary N) is 2.